The van der Waals surface area contributed by atoms with E-state index in [0.29, 0.717) is 0 Å². The molecule has 0 rings (SSSR count). The summed E-state index contributed by atoms with van der Waals surface area (Å²) < 4.78 is 0. The molecule has 0 unspecified atom stereocenters. The molecule has 2 radical (unpaired) electrons. The maximum atomic E-state index is 9.00. The molecule has 5 N–H and O–H groups in total. The summed E-state index contributed by atoms with van der Waals surface area (Å²) >= 11 is 0. The van der Waals surface area contributed by atoms with Crippen LogP contribution in [0.5, 0.6) is 0 Å². The Bertz CT molecular complexity index is 32.7. The molecule has 0 aliphatic carbocycles. The van der Waals surface area contributed by atoms with Gasteiger partial charge in [0.25, 0.3) is 5.97 Å². The summed E-state index contributed by atoms with van der Waals surface area (Å²) in [6.45, 7) is 1.08. The van der Waals surface area contributed by atoms with Crippen LogP contribution < -0.4 is 0 Å². The van der Waals surface area contributed by atoms with E-state index in [9.17, 15) is 0 Å². The number of carboxylic acid groups (broad SMARTS) is 1. The van der Waals surface area contributed by atoms with Gasteiger partial charge in [0.05, 0.1) is 0 Å². The van der Waals surface area contributed by atoms with Gasteiger partial charge in [0.1, 0.15) is 0 Å². The molecule has 0 aliphatic heterocycles. The molecule has 0 aromatic rings. The molecule has 0 fully saturated rings. The van der Waals surface area contributed by atoms with Gasteiger partial charge in [-0.05, 0) is 0 Å². The number of hydrogen-bond acceptors (Lipinski definition) is 1. The van der Waals surface area contributed by atoms with Gasteiger partial charge >= 0.3 is 25.8 Å². The summed E-state index contributed by atoms with van der Waals surface area (Å²) in [5.41, 5.74) is 0. The molecule has 0 aromatic carbocycles. The zero-order valence-electron chi connectivity index (χ0n) is 4.06. The van der Waals surface area contributed by atoms with Crippen molar-refractivity contribution in [1.82, 2.24) is 0 Å². The van der Waals surface area contributed by atoms with E-state index in [0.717, 1.165) is 6.92 Å². The number of hydrogen-bond donors (Lipinski definition) is 1. The van der Waals surface area contributed by atoms with Crippen molar-refractivity contribution in [2.45, 2.75) is 6.92 Å². The summed E-state index contributed by atoms with van der Waals surface area (Å²) in [6, 6.07) is 0. The Labute approximate surface area is 59.9 Å². The Morgan fingerprint density at radius 1 is 1.43 bits per heavy atom. The number of aliphatic carboxylic acids is 1. The second kappa shape index (κ2) is 16.3. The minimum absolute atomic E-state index is 0. The summed E-state index contributed by atoms with van der Waals surface area (Å²) in [6.07, 6.45) is 0. The number of carbonyl (C=O) groups is 1. The van der Waals surface area contributed by atoms with Crippen LogP contribution in [-0.2, 0) is 4.79 Å². The van der Waals surface area contributed by atoms with Gasteiger partial charge < -0.3 is 16.1 Å². The van der Waals surface area contributed by atoms with Crippen molar-refractivity contribution in [1.29, 1.82) is 0 Å². The average Bonchev–Trinajstić information content (AvgIpc) is 0.811. The standard InChI is InChI=1S/C2H4O2.In.2H2O.H/c1-2(3)4;;;;/h1H3,(H,3,4);;2*1H2;. The Morgan fingerprint density at radius 2 is 1.43 bits per heavy atom. The molecule has 0 saturated carbocycles. The van der Waals surface area contributed by atoms with E-state index in [2.05, 4.69) is 0 Å². The van der Waals surface area contributed by atoms with Crippen molar-refractivity contribution in [3.63, 3.8) is 0 Å². The predicted molar refractivity (Wildman–Crippen MR) is 27.7 cm³/mol. The summed E-state index contributed by atoms with van der Waals surface area (Å²) in [5.74, 6) is -0.833. The Balaban J connectivity index is -0.0000000150. The van der Waals surface area contributed by atoms with Crippen LogP contribution in [0, 0.1) is 0 Å². The quantitative estimate of drug-likeness (QED) is 0.492. The zero-order chi connectivity index (χ0) is 3.58. The third-order valence-electron chi connectivity index (χ3n) is 0. The van der Waals surface area contributed by atoms with Gasteiger partial charge in [-0.2, -0.15) is 0 Å². The monoisotopic (exact) mass is 212 g/mol. The second-order valence-corrected chi connectivity index (χ2v) is 0.519. The molecule has 0 aromatic heterocycles. The topological polar surface area (TPSA) is 100 Å². The van der Waals surface area contributed by atoms with Crippen molar-refractivity contribution in [3.05, 3.63) is 0 Å². The molecule has 5 heteroatoms. The van der Waals surface area contributed by atoms with Crippen molar-refractivity contribution in [2.24, 2.45) is 0 Å². The van der Waals surface area contributed by atoms with E-state index < -0.39 is 5.97 Å². The van der Waals surface area contributed by atoms with Gasteiger partial charge in [0.2, 0.25) is 0 Å². The van der Waals surface area contributed by atoms with Crippen molar-refractivity contribution < 1.29 is 20.9 Å². The fraction of sp³-hybridized carbons (Fsp3) is 0.500. The van der Waals surface area contributed by atoms with Gasteiger partial charge in [0.15, 0.2) is 0 Å². The normalized spacial score (nSPS) is 3.57. The molecule has 0 atom stereocenters. The molecular formula is C2H9InO4. The van der Waals surface area contributed by atoms with E-state index >= 15 is 0 Å². The predicted octanol–water partition coefficient (Wildman–Crippen LogP) is -2.21. The van der Waals surface area contributed by atoms with Crippen molar-refractivity contribution in [2.75, 3.05) is 0 Å². The summed E-state index contributed by atoms with van der Waals surface area (Å²) in [5, 5.41) is 7.42. The number of carboxylic acids is 1. The molecule has 0 aliphatic rings. The van der Waals surface area contributed by atoms with E-state index in [-0.39, 0.29) is 36.8 Å². The first-order chi connectivity index (χ1) is 1.73. The third-order valence-corrected chi connectivity index (χ3v) is 0. The van der Waals surface area contributed by atoms with Gasteiger partial charge in [-0.25, -0.2) is 0 Å². The fourth-order valence-electron chi connectivity index (χ4n) is 0. The van der Waals surface area contributed by atoms with E-state index in [1.807, 2.05) is 0 Å². The van der Waals surface area contributed by atoms with Gasteiger partial charge in [-0.3, -0.25) is 4.79 Å². The maximum absolute atomic E-state index is 9.00. The Hall–Kier alpha value is 0.260. The van der Waals surface area contributed by atoms with Crippen LogP contribution in [0.3, 0.4) is 0 Å². The summed E-state index contributed by atoms with van der Waals surface area (Å²) in [7, 11) is 0. The first-order valence-electron chi connectivity index (χ1n) is 0.928. The van der Waals surface area contributed by atoms with Crippen LogP contribution in [0.2, 0.25) is 0 Å². The third kappa shape index (κ3) is 1680. The molecule has 0 amide bonds. The van der Waals surface area contributed by atoms with Crippen LogP contribution in [0.15, 0.2) is 0 Å². The van der Waals surface area contributed by atoms with E-state index in [1.165, 1.54) is 0 Å². The minimum atomic E-state index is -0.833. The molecule has 4 nitrogen and oxygen atoms in total. The molecule has 44 valence electrons. The van der Waals surface area contributed by atoms with Gasteiger partial charge in [-0.15, -0.1) is 0 Å². The van der Waals surface area contributed by atoms with Crippen LogP contribution in [-0.4, -0.2) is 47.9 Å². The molecule has 7 heavy (non-hydrogen) atoms. The van der Waals surface area contributed by atoms with E-state index in [4.69, 9.17) is 9.90 Å². The molecule has 0 spiro atoms. The second-order valence-electron chi connectivity index (χ2n) is 0.519. The van der Waals surface area contributed by atoms with Crippen LogP contribution in [0.25, 0.3) is 0 Å². The Morgan fingerprint density at radius 3 is 1.43 bits per heavy atom. The molecule has 0 heterocycles. The Kier molecular flexibility index (Phi) is 62.3. The SMILES string of the molecule is CC(=O)O.O.O.[InH]. The van der Waals surface area contributed by atoms with Crippen LogP contribution in [0.4, 0.5) is 0 Å². The van der Waals surface area contributed by atoms with Gasteiger partial charge in [-0.1, -0.05) is 0 Å². The zero-order valence-corrected chi connectivity index (χ0v) is 8.10. The van der Waals surface area contributed by atoms with Crippen LogP contribution in [0.1, 0.15) is 6.92 Å². The van der Waals surface area contributed by atoms with Gasteiger partial charge in [0, 0.05) is 6.92 Å². The molecule has 0 saturated heterocycles. The first-order valence-corrected chi connectivity index (χ1v) is 0.928. The summed E-state index contributed by atoms with van der Waals surface area (Å²) in [4.78, 5) is 9.00. The molecule has 0 bridgehead atoms. The van der Waals surface area contributed by atoms with E-state index in [1.54, 1.807) is 0 Å². The number of rotatable bonds is 0. The first kappa shape index (κ1) is 26.8. The van der Waals surface area contributed by atoms with Crippen molar-refractivity contribution in [3.8, 4) is 0 Å². The fourth-order valence-corrected chi connectivity index (χ4v) is 0. The molecular weight excluding hydrogens is 203 g/mol. The van der Waals surface area contributed by atoms with Crippen LogP contribution >= 0.6 is 0 Å². The van der Waals surface area contributed by atoms with Crippen molar-refractivity contribution >= 4 is 31.8 Å². The average molecular weight is 212 g/mol.